The first-order chi connectivity index (χ1) is 11.5. The molecule has 0 aliphatic carbocycles. The van der Waals surface area contributed by atoms with E-state index in [2.05, 4.69) is 14.9 Å². The number of amides is 1. The van der Waals surface area contributed by atoms with Crippen LogP contribution >= 0.6 is 0 Å². The van der Waals surface area contributed by atoms with Crippen LogP contribution in [0.3, 0.4) is 0 Å². The van der Waals surface area contributed by atoms with Crippen molar-refractivity contribution >= 4 is 16.9 Å². The van der Waals surface area contributed by atoms with Crippen LogP contribution in [0.2, 0.25) is 0 Å². The van der Waals surface area contributed by atoms with Crippen LogP contribution in [0.5, 0.6) is 0 Å². The van der Waals surface area contributed by atoms with Crippen LogP contribution in [-0.2, 0) is 4.74 Å². The molecular formula is C17H21FN4O2. The van der Waals surface area contributed by atoms with Crippen molar-refractivity contribution in [2.24, 2.45) is 0 Å². The summed E-state index contributed by atoms with van der Waals surface area (Å²) in [6.45, 7) is 1.39. The number of rotatable bonds is 4. The Morgan fingerprint density at radius 1 is 1.42 bits per heavy atom. The van der Waals surface area contributed by atoms with E-state index < -0.39 is 5.82 Å². The highest BCUT2D eigenvalue weighted by Gasteiger charge is 2.31. The molecule has 7 heteroatoms. The highest BCUT2D eigenvalue weighted by molar-refractivity contribution is 6.04. The number of hydrogen-bond donors (Lipinski definition) is 0. The number of benzene rings is 1. The molecular weight excluding hydrogens is 311 g/mol. The predicted octanol–water partition coefficient (Wildman–Crippen LogP) is 1.56. The van der Waals surface area contributed by atoms with Crippen LogP contribution in [0.1, 0.15) is 16.8 Å². The fraction of sp³-hybridized carbons (Fsp3) is 0.471. The number of aromatic nitrogens is 2. The van der Waals surface area contributed by atoms with E-state index in [0.717, 1.165) is 13.0 Å². The van der Waals surface area contributed by atoms with Gasteiger partial charge in [-0.25, -0.2) is 4.39 Å². The minimum absolute atomic E-state index is 0.185. The minimum atomic E-state index is -0.489. The third-order valence-electron chi connectivity index (χ3n) is 4.58. The van der Waals surface area contributed by atoms with Crippen molar-refractivity contribution in [3.05, 3.63) is 35.9 Å². The summed E-state index contributed by atoms with van der Waals surface area (Å²) in [4.78, 5) is 24.9. The van der Waals surface area contributed by atoms with Gasteiger partial charge in [-0.2, -0.15) is 0 Å². The highest BCUT2D eigenvalue weighted by Crippen LogP contribution is 2.21. The van der Waals surface area contributed by atoms with E-state index in [1.165, 1.54) is 24.5 Å². The number of ether oxygens (including phenoxy) is 1. The van der Waals surface area contributed by atoms with E-state index in [4.69, 9.17) is 4.74 Å². The molecule has 2 heterocycles. The summed E-state index contributed by atoms with van der Waals surface area (Å²) < 4.78 is 19.2. The minimum Gasteiger partial charge on any atom is -0.380 e. The lowest BCUT2D eigenvalue weighted by molar-refractivity contribution is 0.0761. The number of fused-ring (bicyclic) bond motifs is 1. The summed E-state index contributed by atoms with van der Waals surface area (Å²) in [5, 5.41) is 0. The molecule has 1 fully saturated rings. The third-order valence-corrected chi connectivity index (χ3v) is 4.58. The van der Waals surface area contributed by atoms with Gasteiger partial charge in [0.2, 0.25) is 0 Å². The number of nitrogens with zero attached hydrogens (tertiary/aromatic N) is 4. The highest BCUT2D eigenvalue weighted by atomic mass is 19.1. The van der Waals surface area contributed by atoms with Crippen molar-refractivity contribution in [2.45, 2.75) is 18.6 Å². The molecule has 128 valence electrons. The molecule has 24 heavy (non-hydrogen) atoms. The van der Waals surface area contributed by atoms with Crippen LogP contribution in [0.15, 0.2) is 24.5 Å². The van der Waals surface area contributed by atoms with Crippen LogP contribution in [-0.4, -0.2) is 72.1 Å². The van der Waals surface area contributed by atoms with Crippen molar-refractivity contribution in [2.75, 3.05) is 34.3 Å². The zero-order valence-electron chi connectivity index (χ0n) is 14.1. The van der Waals surface area contributed by atoms with Gasteiger partial charge in [0.25, 0.3) is 5.91 Å². The Morgan fingerprint density at radius 3 is 2.88 bits per heavy atom. The standard InChI is InChI=1S/C17H21FN4O2/c1-21-10-13(24-3)8-12(21)9-22(2)17(23)14-6-11(18)7-15-16(14)20-5-4-19-15/h4-7,12-13H,8-10H2,1-3H3/t12-,13-/m0/s1. The Bertz CT molecular complexity index is 754. The van der Waals surface area contributed by atoms with Crippen molar-refractivity contribution in [3.8, 4) is 0 Å². The van der Waals surface area contributed by atoms with Crippen LogP contribution in [0.4, 0.5) is 4.39 Å². The lowest BCUT2D eigenvalue weighted by Gasteiger charge is -2.25. The number of likely N-dealkylation sites (tertiary alicyclic amines) is 1. The fourth-order valence-corrected chi connectivity index (χ4v) is 3.22. The third kappa shape index (κ3) is 3.22. The number of carbonyl (C=O) groups excluding carboxylic acids is 1. The Hall–Kier alpha value is -2.12. The smallest absolute Gasteiger partial charge is 0.256 e. The number of halogens is 1. The summed E-state index contributed by atoms with van der Waals surface area (Å²) in [6, 6.07) is 2.73. The molecule has 1 aliphatic rings. The second kappa shape index (κ2) is 6.78. The van der Waals surface area contributed by atoms with E-state index in [9.17, 15) is 9.18 Å². The van der Waals surface area contributed by atoms with Gasteiger partial charge in [-0.15, -0.1) is 0 Å². The van der Waals surface area contributed by atoms with E-state index >= 15 is 0 Å². The largest absolute Gasteiger partial charge is 0.380 e. The van der Waals surface area contributed by atoms with Gasteiger partial charge in [0.1, 0.15) is 11.3 Å². The molecule has 1 aromatic heterocycles. The molecule has 2 atom stereocenters. The SMILES string of the molecule is CO[C@H]1C[C@@H](CN(C)C(=O)c2cc(F)cc3nccnc23)N(C)C1. The number of methoxy groups -OCH3 is 1. The summed E-state index contributed by atoms with van der Waals surface area (Å²) in [7, 11) is 5.45. The van der Waals surface area contributed by atoms with Crippen molar-refractivity contribution in [3.63, 3.8) is 0 Å². The number of carbonyl (C=O) groups is 1. The van der Waals surface area contributed by atoms with Crippen LogP contribution < -0.4 is 0 Å². The zero-order valence-corrected chi connectivity index (χ0v) is 14.1. The van der Waals surface area contributed by atoms with Gasteiger partial charge in [-0.05, 0) is 19.5 Å². The predicted molar refractivity (Wildman–Crippen MR) is 88.3 cm³/mol. The van der Waals surface area contributed by atoms with E-state index in [1.54, 1.807) is 19.1 Å². The molecule has 0 unspecified atom stereocenters. The van der Waals surface area contributed by atoms with Gasteiger partial charge in [0.05, 0.1) is 17.2 Å². The van der Waals surface area contributed by atoms with Gasteiger partial charge in [0, 0.05) is 51.7 Å². The fourth-order valence-electron chi connectivity index (χ4n) is 3.22. The van der Waals surface area contributed by atoms with Gasteiger partial charge < -0.3 is 9.64 Å². The molecule has 0 radical (unpaired) electrons. The maximum Gasteiger partial charge on any atom is 0.256 e. The van der Waals surface area contributed by atoms with E-state index in [1.807, 2.05) is 7.05 Å². The van der Waals surface area contributed by atoms with Gasteiger partial charge >= 0.3 is 0 Å². The first-order valence-electron chi connectivity index (χ1n) is 7.88. The van der Waals surface area contributed by atoms with Gasteiger partial charge in [-0.1, -0.05) is 0 Å². The Kier molecular flexibility index (Phi) is 4.73. The zero-order chi connectivity index (χ0) is 17.3. The molecule has 2 aromatic rings. The lowest BCUT2D eigenvalue weighted by atomic mass is 10.1. The average Bonchev–Trinajstić information content (AvgIpc) is 2.93. The first kappa shape index (κ1) is 16.7. The van der Waals surface area contributed by atoms with Gasteiger partial charge in [0.15, 0.2) is 0 Å². The molecule has 0 N–H and O–H groups in total. The number of likely N-dealkylation sites (N-methyl/N-ethyl adjacent to an activating group) is 2. The number of hydrogen-bond acceptors (Lipinski definition) is 5. The molecule has 1 amide bonds. The summed E-state index contributed by atoms with van der Waals surface area (Å²) in [6.07, 6.45) is 4.04. The van der Waals surface area contributed by atoms with Crippen molar-refractivity contribution < 1.29 is 13.9 Å². The summed E-state index contributed by atoms with van der Waals surface area (Å²) >= 11 is 0. The van der Waals surface area contributed by atoms with Crippen molar-refractivity contribution in [1.29, 1.82) is 0 Å². The van der Waals surface area contributed by atoms with Crippen molar-refractivity contribution in [1.82, 2.24) is 19.8 Å². The second-order valence-corrected chi connectivity index (χ2v) is 6.25. The topological polar surface area (TPSA) is 58.6 Å². The maximum absolute atomic E-state index is 13.8. The normalized spacial score (nSPS) is 21.3. The first-order valence-corrected chi connectivity index (χ1v) is 7.88. The molecule has 0 spiro atoms. The van der Waals surface area contributed by atoms with E-state index in [0.29, 0.717) is 17.6 Å². The second-order valence-electron chi connectivity index (χ2n) is 6.25. The molecule has 1 aliphatic heterocycles. The summed E-state index contributed by atoms with van der Waals surface area (Å²) in [5.74, 6) is -0.744. The Balaban J connectivity index is 1.81. The van der Waals surface area contributed by atoms with E-state index in [-0.39, 0.29) is 23.6 Å². The molecule has 0 bridgehead atoms. The quantitative estimate of drug-likeness (QED) is 0.850. The molecule has 1 aromatic carbocycles. The lowest BCUT2D eigenvalue weighted by Crippen LogP contribution is -2.39. The monoisotopic (exact) mass is 332 g/mol. The molecule has 3 rings (SSSR count). The maximum atomic E-state index is 13.8. The summed E-state index contributed by atoms with van der Waals surface area (Å²) in [5.41, 5.74) is 1.04. The molecule has 6 nitrogen and oxygen atoms in total. The van der Waals surface area contributed by atoms with Crippen LogP contribution in [0, 0.1) is 5.82 Å². The molecule has 0 saturated carbocycles. The van der Waals surface area contributed by atoms with Crippen LogP contribution in [0.25, 0.3) is 11.0 Å². The molecule has 1 saturated heterocycles. The average molecular weight is 332 g/mol. The Morgan fingerprint density at radius 2 is 2.17 bits per heavy atom. The van der Waals surface area contributed by atoms with Gasteiger partial charge in [-0.3, -0.25) is 19.7 Å². The Labute approximate surface area is 140 Å².